The normalized spacial score (nSPS) is 12.0. The molecule has 0 aliphatic carbocycles. The maximum absolute atomic E-state index is 13.4. The van der Waals surface area contributed by atoms with E-state index in [2.05, 4.69) is 10.4 Å². The van der Waals surface area contributed by atoms with Crippen molar-refractivity contribution in [2.45, 2.75) is 26.8 Å². The molecule has 0 radical (unpaired) electrons. The summed E-state index contributed by atoms with van der Waals surface area (Å²) in [6, 6.07) is 12.9. The largest absolute Gasteiger partial charge is 0.497 e. The van der Waals surface area contributed by atoms with Gasteiger partial charge in [0.15, 0.2) is 0 Å². The average molecular weight is 411 g/mol. The van der Waals surface area contributed by atoms with Gasteiger partial charge in [-0.25, -0.2) is 9.07 Å². The van der Waals surface area contributed by atoms with Crippen LogP contribution in [0.3, 0.4) is 0 Å². The lowest BCUT2D eigenvalue weighted by atomic mass is 10.1. The second-order valence-corrected chi connectivity index (χ2v) is 7.38. The van der Waals surface area contributed by atoms with Gasteiger partial charge in [0.25, 0.3) is 5.91 Å². The number of methoxy groups -OCH3 is 2. The van der Waals surface area contributed by atoms with E-state index in [1.54, 1.807) is 44.6 Å². The highest BCUT2D eigenvalue weighted by Gasteiger charge is 2.21. The Morgan fingerprint density at radius 3 is 2.33 bits per heavy atom. The lowest BCUT2D eigenvalue weighted by Gasteiger charge is -2.17. The summed E-state index contributed by atoms with van der Waals surface area (Å²) in [4.78, 5) is 13.0. The predicted molar refractivity (Wildman–Crippen MR) is 114 cm³/mol. The summed E-state index contributed by atoms with van der Waals surface area (Å²) in [6.45, 7) is 6.03. The van der Waals surface area contributed by atoms with Crippen LogP contribution in [-0.4, -0.2) is 35.9 Å². The summed E-state index contributed by atoms with van der Waals surface area (Å²) >= 11 is 0. The second-order valence-electron chi connectivity index (χ2n) is 7.38. The van der Waals surface area contributed by atoms with Gasteiger partial charge in [0, 0.05) is 17.7 Å². The average Bonchev–Trinajstić information content (AvgIpc) is 3.19. The number of aromatic nitrogens is 2. The molecule has 0 saturated carbocycles. The maximum atomic E-state index is 13.4. The number of carbonyl (C=O) groups is 1. The number of rotatable bonds is 7. The number of benzene rings is 2. The molecule has 30 heavy (non-hydrogen) atoms. The van der Waals surface area contributed by atoms with E-state index in [4.69, 9.17) is 9.47 Å². The molecule has 7 heteroatoms. The van der Waals surface area contributed by atoms with Crippen LogP contribution in [-0.2, 0) is 0 Å². The molecular weight excluding hydrogens is 385 g/mol. The number of hydrogen-bond acceptors (Lipinski definition) is 4. The van der Waals surface area contributed by atoms with Crippen molar-refractivity contribution < 1.29 is 18.7 Å². The minimum atomic E-state index is -0.359. The molecule has 1 aromatic heterocycles. The van der Waals surface area contributed by atoms with Gasteiger partial charge < -0.3 is 14.8 Å². The molecule has 0 fully saturated rings. The van der Waals surface area contributed by atoms with Crippen molar-refractivity contribution in [3.8, 4) is 28.4 Å². The molecule has 0 aliphatic rings. The quantitative estimate of drug-likeness (QED) is 0.623. The Morgan fingerprint density at radius 1 is 1.03 bits per heavy atom. The van der Waals surface area contributed by atoms with Crippen molar-refractivity contribution in [1.29, 1.82) is 0 Å². The number of nitrogens with one attached hydrogen (secondary N) is 1. The molecule has 1 atom stereocenters. The van der Waals surface area contributed by atoms with Crippen molar-refractivity contribution in [1.82, 2.24) is 15.1 Å². The highest BCUT2D eigenvalue weighted by atomic mass is 19.1. The Morgan fingerprint density at radius 2 is 1.73 bits per heavy atom. The summed E-state index contributed by atoms with van der Waals surface area (Å²) < 4.78 is 25.7. The van der Waals surface area contributed by atoms with Gasteiger partial charge in [0.05, 0.1) is 25.6 Å². The van der Waals surface area contributed by atoms with Crippen LogP contribution < -0.4 is 14.8 Å². The second kappa shape index (κ2) is 8.98. The van der Waals surface area contributed by atoms with Crippen molar-refractivity contribution in [3.63, 3.8) is 0 Å². The Hall–Kier alpha value is -3.35. The molecule has 2 aromatic carbocycles. The molecular formula is C23H26FN3O3. The van der Waals surface area contributed by atoms with Crippen LogP contribution in [0.5, 0.6) is 11.5 Å². The molecule has 0 unspecified atom stereocenters. The number of halogens is 1. The summed E-state index contributed by atoms with van der Waals surface area (Å²) in [5.74, 6) is 0.879. The SMILES string of the molecule is COc1ccc(-c2cc(C(=O)N[C@H](C)C(C)C)n(-c3ccc(F)cc3)n2)c(OC)c1. The van der Waals surface area contributed by atoms with Crippen molar-refractivity contribution in [2.24, 2.45) is 5.92 Å². The predicted octanol–water partition coefficient (Wildman–Crippen LogP) is 4.47. The van der Waals surface area contributed by atoms with Crippen LogP contribution in [0.15, 0.2) is 48.5 Å². The van der Waals surface area contributed by atoms with Crippen LogP contribution >= 0.6 is 0 Å². The highest BCUT2D eigenvalue weighted by molar-refractivity contribution is 5.94. The number of amides is 1. The van der Waals surface area contributed by atoms with Gasteiger partial charge in [-0.1, -0.05) is 13.8 Å². The Kier molecular flexibility index (Phi) is 6.40. The molecule has 0 aliphatic heterocycles. The van der Waals surface area contributed by atoms with Gasteiger partial charge in [-0.05, 0) is 55.3 Å². The van der Waals surface area contributed by atoms with E-state index in [-0.39, 0.29) is 23.7 Å². The fraction of sp³-hybridized carbons (Fsp3) is 0.304. The van der Waals surface area contributed by atoms with E-state index < -0.39 is 0 Å². The molecule has 0 saturated heterocycles. The van der Waals surface area contributed by atoms with Gasteiger partial charge in [0.2, 0.25) is 0 Å². The van der Waals surface area contributed by atoms with Crippen LogP contribution in [0, 0.1) is 11.7 Å². The molecule has 6 nitrogen and oxygen atoms in total. The molecule has 1 heterocycles. The molecule has 3 aromatic rings. The van der Waals surface area contributed by atoms with Gasteiger partial charge >= 0.3 is 0 Å². The van der Waals surface area contributed by atoms with Crippen molar-refractivity contribution in [3.05, 3.63) is 60.0 Å². The van der Waals surface area contributed by atoms with Gasteiger partial charge in [0.1, 0.15) is 23.0 Å². The summed E-state index contributed by atoms with van der Waals surface area (Å²) in [5, 5.41) is 7.63. The van der Waals surface area contributed by atoms with Gasteiger partial charge in [-0.2, -0.15) is 5.10 Å². The van der Waals surface area contributed by atoms with Gasteiger partial charge in [-0.3, -0.25) is 4.79 Å². The topological polar surface area (TPSA) is 65.4 Å². The molecule has 1 N–H and O–H groups in total. The van der Waals surface area contributed by atoms with E-state index in [9.17, 15) is 9.18 Å². The zero-order valence-corrected chi connectivity index (χ0v) is 17.8. The van der Waals surface area contributed by atoms with Crippen LogP contribution in [0.1, 0.15) is 31.3 Å². The molecule has 0 spiro atoms. The Balaban J connectivity index is 2.10. The third kappa shape index (κ3) is 4.45. The van der Waals surface area contributed by atoms with E-state index in [0.29, 0.717) is 34.1 Å². The fourth-order valence-corrected chi connectivity index (χ4v) is 2.91. The first-order chi connectivity index (χ1) is 14.3. The zero-order valence-electron chi connectivity index (χ0n) is 17.8. The van der Waals surface area contributed by atoms with Crippen LogP contribution in [0.4, 0.5) is 4.39 Å². The van der Waals surface area contributed by atoms with Gasteiger partial charge in [-0.15, -0.1) is 0 Å². The first kappa shape index (κ1) is 21.4. The van der Waals surface area contributed by atoms with Crippen molar-refractivity contribution in [2.75, 3.05) is 14.2 Å². The molecule has 1 amide bonds. The van der Waals surface area contributed by atoms with E-state index in [1.165, 1.54) is 16.8 Å². The lowest BCUT2D eigenvalue weighted by molar-refractivity contribution is 0.0922. The monoisotopic (exact) mass is 411 g/mol. The molecule has 0 bridgehead atoms. The molecule has 158 valence electrons. The van der Waals surface area contributed by atoms with E-state index in [1.807, 2.05) is 26.8 Å². The van der Waals surface area contributed by atoms with E-state index in [0.717, 1.165) is 0 Å². The maximum Gasteiger partial charge on any atom is 0.270 e. The third-order valence-corrected chi connectivity index (χ3v) is 5.06. The first-order valence-electron chi connectivity index (χ1n) is 9.73. The summed E-state index contributed by atoms with van der Waals surface area (Å²) in [6.07, 6.45) is 0. The smallest absolute Gasteiger partial charge is 0.270 e. The number of nitrogens with zero attached hydrogens (tertiary/aromatic N) is 2. The Labute approximate surface area is 175 Å². The fourth-order valence-electron chi connectivity index (χ4n) is 2.91. The Bertz CT molecular complexity index is 1030. The highest BCUT2D eigenvalue weighted by Crippen LogP contribution is 2.33. The number of ether oxygens (including phenoxy) is 2. The minimum Gasteiger partial charge on any atom is -0.497 e. The third-order valence-electron chi connectivity index (χ3n) is 5.06. The summed E-state index contributed by atoms with van der Waals surface area (Å²) in [5.41, 5.74) is 2.20. The molecule has 3 rings (SSSR count). The van der Waals surface area contributed by atoms with E-state index >= 15 is 0 Å². The van der Waals surface area contributed by atoms with Crippen LogP contribution in [0.2, 0.25) is 0 Å². The number of carbonyl (C=O) groups excluding carboxylic acids is 1. The van der Waals surface area contributed by atoms with Crippen molar-refractivity contribution >= 4 is 5.91 Å². The standard InChI is InChI=1S/C23H26FN3O3/c1-14(2)15(3)25-23(28)21-13-20(19-11-10-18(29-4)12-22(19)30-5)26-27(21)17-8-6-16(24)7-9-17/h6-15H,1-5H3,(H,25,28)/t15-/m1/s1. The first-order valence-corrected chi connectivity index (χ1v) is 9.73. The van der Waals surface area contributed by atoms with Crippen LogP contribution in [0.25, 0.3) is 16.9 Å². The lowest BCUT2D eigenvalue weighted by Crippen LogP contribution is -2.37. The zero-order chi connectivity index (χ0) is 21.8. The minimum absolute atomic E-state index is 0.0203. The number of hydrogen-bond donors (Lipinski definition) is 1. The summed E-state index contributed by atoms with van der Waals surface area (Å²) in [7, 11) is 3.14.